The van der Waals surface area contributed by atoms with Crippen LogP contribution in [-0.2, 0) is 0 Å². The Morgan fingerprint density at radius 3 is 2.73 bits per heavy atom. The van der Waals surface area contributed by atoms with Crippen molar-refractivity contribution in [2.75, 3.05) is 38.2 Å². The first-order valence-electron chi connectivity index (χ1n) is 5.47. The molecule has 0 unspecified atom stereocenters. The van der Waals surface area contributed by atoms with Gasteiger partial charge in [0.2, 0.25) is 0 Å². The van der Waals surface area contributed by atoms with Gasteiger partial charge in [-0.25, -0.2) is 0 Å². The summed E-state index contributed by atoms with van der Waals surface area (Å²) >= 11 is 1.87. The van der Waals surface area contributed by atoms with Crippen molar-refractivity contribution in [3.63, 3.8) is 0 Å². The second-order valence-corrected chi connectivity index (χ2v) is 4.10. The summed E-state index contributed by atoms with van der Waals surface area (Å²) in [6.07, 6.45) is 4.46. The molecule has 0 heterocycles. The van der Waals surface area contributed by atoms with Crippen molar-refractivity contribution in [3.05, 3.63) is 0 Å². The van der Waals surface area contributed by atoms with Crippen LogP contribution in [0.5, 0.6) is 0 Å². The van der Waals surface area contributed by atoms with E-state index in [0.717, 1.165) is 25.5 Å². The fraction of sp³-hybridized carbons (Fsp3) is 0.900. The van der Waals surface area contributed by atoms with Gasteiger partial charge in [0.05, 0.1) is 6.61 Å². The Bertz CT molecular complexity index is 165. The quantitative estimate of drug-likeness (QED) is 0.328. The number of rotatable bonds is 8. The molecule has 0 bridgehead atoms. The van der Waals surface area contributed by atoms with Crippen molar-refractivity contribution in [2.24, 2.45) is 4.99 Å². The molecular weight excluding hydrogens is 210 g/mol. The summed E-state index contributed by atoms with van der Waals surface area (Å²) in [4.78, 5) is 4.40. The molecule has 0 aliphatic rings. The van der Waals surface area contributed by atoms with Gasteiger partial charge in [-0.15, -0.1) is 0 Å². The van der Waals surface area contributed by atoms with Crippen LogP contribution in [0, 0.1) is 0 Å². The fourth-order valence-electron chi connectivity index (χ4n) is 1.07. The van der Waals surface area contributed by atoms with Gasteiger partial charge in [0.25, 0.3) is 0 Å². The second kappa shape index (κ2) is 11.7. The third kappa shape index (κ3) is 9.87. The molecule has 5 heteroatoms. The molecule has 15 heavy (non-hydrogen) atoms. The molecule has 0 aromatic heterocycles. The number of aliphatic hydroxyl groups excluding tert-OH is 1. The SMILES string of the molecule is CCNC(=NCCCCSC)NCCO. The Kier molecular flexibility index (Phi) is 11.3. The molecule has 0 aromatic carbocycles. The van der Waals surface area contributed by atoms with Gasteiger partial charge in [0, 0.05) is 19.6 Å². The number of unbranched alkanes of at least 4 members (excludes halogenated alkanes) is 1. The van der Waals surface area contributed by atoms with Crippen LogP contribution >= 0.6 is 11.8 Å². The molecule has 3 N–H and O–H groups in total. The van der Waals surface area contributed by atoms with E-state index < -0.39 is 0 Å². The first-order chi connectivity index (χ1) is 7.35. The molecule has 0 saturated heterocycles. The maximum absolute atomic E-state index is 8.68. The van der Waals surface area contributed by atoms with Gasteiger partial charge in [0.15, 0.2) is 5.96 Å². The lowest BCUT2D eigenvalue weighted by Crippen LogP contribution is -2.38. The van der Waals surface area contributed by atoms with Crippen molar-refractivity contribution in [1.29, 1.82) is 0 Å². The number of hydrogen-bond acceptors (Lipinski definition) is 3. The lowest BCUT2D eigenvalue weighted by molar-refractivity contribution is 0.300. The average Bonchev–Trinajstić information content (AvgIpc) is 2.25. The lowest BCUT2D eigenvalue weighted by Gasteiger charge is -2.09. The highest BCUT2D eigenvalue weighted by atomic mass is 32.2. The van der Waals surface area contributed by atoms with E-state index in [9.17, 15) is 0 Å². The third-order valence-electron chi connectivity index (χ3n) is 1.77. The highest BCUT2D eigenvalue weighted by Gasteiger charge is 1.94. The number of guanidine groups is 1. The zero-order chi connectivity index (χ0) is 11.4. The number of aliphatic imine (C=N–C) groups is 1. The van der Waals surface area contributed by atoms with E-state index in [-0.39, 0.29) is 6.61 Å². The summed E-state index contributed by atoms with van der Waals surface area (Å²) in [5.41, 5.74) is 0. The summed E-state index contributed by atoms with van der Waals surface area (Å²) in [7, 11) is 0. The minimum atomic E-state index is 0.136. The van der Waals surface area contributed by atoms with Crippen molar-refractivity contribution in [1.82, 2.24) is 10.6 Å². The van der Waals surface area contributed by atoms with Crippen molar-refractivity contribution < 1.29 is 5.11 Å². The van der Waals surface area contributed by atoms with Gasteiger partial charge in [0.1, 0.15) is 0 Å². The van der Waals surface area contributed by atoms with E-state index >= 15 is 0 Å². The van der Waals surface area contributed by atoms with Crippen LogP contribution in [0.2, 0.25) is 0 Å². The monoisotopic (exact) mass is 233 g/mol. The van der Waals surface area contributed by atoms with Gasteiger partial charge < -0.3 is 15.7 Å². The highest BCUT2D eigenvalue weighted by molar-refractivity contribution is 7.98. The Balaban J connectivity index is 3.63. The summed E-state index contributed by atoms with van der Waals surface area (Å²) in [6, 6.07) is 0. The molecule has 0 aliphatic heterocycles. The zero-order valence-electron chi connectivity index (χ0n) is 9.75. The number of nitrogens with zero attached hydrogens (tertiary/aromatic N) is 1. The Morgan fingerprint density at radius 2 is 2.13 bits per heavy atom. The maximum Gasteiger partial charge on any atom is 0.191 e. The average molecular weight is 233 g/mol. The van der Waals surface area contributed by atoms with Crippen LogP contribution in [0.3, 0.4) is 0 Å². The number of hydrogen-bond donors (Lipinski definition) is 3. The molecule has 90 valence electrons. The Morgan fingerprint density at radius 1 is 1.33 bits per heavy atom. The molecule has 0 saturated carbocycles. The molecule has 0 fully saturated rings. The number of thioether (sulfide) groups is 1. The molecular formula is C10H23N3OS. The van der Waals surface area contributed by atoms with Gasteiger partial charge >= 0.3 is 0 Å². The van der Waals surface area contributed by atoms with E-state index in [1.54, 1.807) is 0 Å². The molecule has 0 atom stereocenters. The van der Waals surface area contributed by atoms with E-state index in [0.29, 0.717) is 6.54 Å². The Hall–Kier alpha value is -0.420. The van der Waals surface area contributed by atoms with E-state index in [1.165, 1.54) is 12.2 Å². The van der Waals surface area contributed by atoms with Crippen molar-refractivity contribution >= 4 is 17.7 Å². The largest absolute Gasteiger partial charge is 0.395 e. The number of aliphatic hydroxyl groups is 1. The minimum absolute atomic E-state index is 0.136. The zero-order valence-corrected chi connectivity index (χ0v) is 10.6. The predicted octanol–water partition coefficient (Wildman–Crippen LogP) is 0.677. The van der Waals surface area contributed by atoms with Crippen molar-refractivity contribution in [2.45, 2.75) is 19.8 Å². The first kappa shape index (κ1) is 14.6. The van der Waals surface area contributed by atoms with Crippen LogP contribution in [0.25, 0.3) is 0 Å². The van der Waals surface area contributed by atoms with Gasteiger partial charge in [-0.1, -0.05) is 0 Å². The van der Waals surface area contributed by atoms with Crippen molar-refractivity contribution in [3.8, 4) is 0 Å². The van der Waals surface area contributed by atoms with Gasteiger partial charge in [-0.3, -0.25) is 4.99 Å². The molecule has 0 radical (unpaired) electrons. The summed E-state index contributed by atoms with van der Waals surface area (Å²) in [5.74, 6) is 2.01. The second-order valence-electron chi connectivity index (χ2n) is 3.11. The molecule has 0 aromatic rings. The van der Waals surface area contributed by atoms with Gasteiger partial charge in [-0.2, -0.15) is 11.8 Å². The Labute approximate surface area is 96.9 Å². The molecule has 0 spiro atoms. The highest BCUT2D eigenvalue weighted by Crippen LogP contribution is 1.98. The van der Waals surface area contributed by atoms with E-state index in [4.69, 9.17) is 5.11 Å². The van der Waals surface area contributed by atoms with Crippen LogP contribution in [0.1, 0.15) is 19.8 Å². The van der Waals surface area contributed by atoms with E-state index in [2.05, 4.69) is 21.9 Å². The lowest BCUT2D eigenvalue weighted by atomic mass is 10.3. The van der Waals surface area contributed by atoms with Crippen LogP contribution in [0.15, 0.2) is 4.99 Å². The standard InChI is InChI=1S/C10H23N3OS/c1-3-11-10(13-7-8-14)12-6-4-5-9-15-2/h14H,3-9H2,1-2H3,(H2,11,12,13). The molecule has 4 nitrogen and oxygen atoms in total. The van der Waals surface area contributed by atoms with E-state index in [1.807, 2.05) is 18.7 Å². The molecule has 0 amide bonds. The number of nitrogens with one attached hydrogen (secondary N) is 2. The summed E-state index contributed by atoms with van der Waals surface area (Å²) < 4.78 is 0. The minimum Gasteiger partial charge on any atom is -0.395 e. The smallest absolute Gasteiger partial charge is 0.191 e. The first-order valence-corrected chi connectivity index (χ1v) is 6.86. The normalized spacial score (nSPS) is 11.5. The maximum atomic E-state index is 8.68. The summed E-state index contributed by atoms with van der Waals surface area (Å²) in [5, 5.41) is 14.9. The van der Waals surface area contributed by atoms with Crippen LogP contribution < -0.4 is 10.6 Å². The van der Waals surface area contributed by atoms with Crippen LogP contribution in [0.4, 0.5) is 0 Å². The molecule has 0 rings (SSSR count). The summed E-state index contributed by atoms with van der Waals surface area (Å²) in [6.45, 7) is 4.42. The molecule has 0 aliphatic carbocycles. The fourth-order valence-corrected chi connectivity index (χ4v) is 1.56. The van der Waals surface area contributed by atoms with Gasteiger partial charge in [-0.05, 0) is 31.8 Å². The third-order valence-corrected chi connectivity index (χ3v) is 2.47. The topological polar surface area (TPSA) is 56.7 Å². The predicted molar refractivity (Wildman–Crippen MR) is 68.7 cm³/mol. The van der Waals surface area contributed by atoms with Crippen LogP contribution in [-0.4, -0.2) is 49.3 Å².